The summed E-state index contributed by atoms with van der Waals surface area (Å²) in [5, 5.41) is 20.1. The smallest absolute Gasteiger partial charge is 0.191 e. The largest absolute Gasteiger partial charge is 0.493 e. The molecule has 0 aliphatic rings. The Morgan fingerprint density at radius 3 is 2.57 bits per heavy atom. The van der Waals surface area contributed by atoms with Crippen molar-refractivity contribution in [1.29, 1.82) is 0 Å². The molecule has 8 heteroatoms. The zero-order chi connectivity index (χ0) is 25.0. The fraction of sp³-hybridized carbons (Fsp3) is 0.407. The number of ether oxygens (including phenoxy) is 3. The average molecular weight is 498 g/mol. The fourth-order valence-corrected chi connectivity index (χ4v) is 4.20. The summed E-state index contributed by atoms with van der Waals surface area (Å²) < 4.78 is 19.3. The van der Waals surface area contributed by atoms with Crippen LogP contribution in [0.1, 0.15) is 38.6 Å². The van der Waals surface area contributed by atoms with Crippen molar-refractivity contribution in [3.63, 3.8) is 0 Å². The molecule has 0 radical (unpaired) electrons. The van der Waals surface area contributed by atoms with E-state index in [9.17, 15) is 5.11 Å². The third-order valence-electron chi connectivity index (χ3n) is 5.22. The van der Waals surface area contributed by atoms with Gasteiger partial charge in [0.25, 0.3) is 0 Å². The molecule has 0 saturated carbocycles. The molecule has 1 heterocycles. The van der Waals surface area contributed by atoms with Crippen molar-refractivity contribution in [2.24, 2.45) is 5.92 Å². The Hall–Kier alpha value is -2.97. The molecule has 0 aliphatic carbocycles. The molecule has 0 spiro atoms. The van der Waals surface area contributed by atoms with Gasteiger partial charge in [0, 0.05) is 12.3 Å². The Kier molecular flexibility index (Phi) is 10.5. The lowest BCUT2D eigenvalue weighted by Crippen LogP contribution is -2.20. The molecule has 0 bridgehead atoms. The quantitative estimate of drug-likeness (QED) is 0.296. The van der Waals surface area contributed by atoms with E-state index in [1.54, 1.807) is 7.11 Å². The van der Waals surface area contributed by atoms with E-state index in [1.807, 2.05) is 67.6 Å². The zero-order valence-electron chi connectivity index (χ0n) is 20.9. The van der Waals surface area contributed by atoms with Crippen LogP contribution in [0.2, 0.25) is 0 Å². The van der Waals surface area contributed by atoms with Gasteiger partial charge in [0.1, 0.15) is 19.0 Å². The van der Waals surface area contributed by atoms with Gasteiger partial charge in [-0.1, -0.05) is 62.0 Å². The summed E-state index contributed by atoms with van der Waals surface area (Å²) in [6, 6.07) is 15.4. The summed E-state index contributed by atoms with van der Waals surface area (Å²) in [5.74, 6) is 3.78. The number of aromatic nitrogens is 3. The van der Waals surface area contributed by atoms with Gasteiger partial charge in [-0.25, -0.2) is 0 Å². The predicted octanol–water partition coefficient (Wildman–Crippen LogP) is 5.48. The van der Waals surface area contributed by atoms with Crippen molar-refractivity contribution < 1.29 is 19.3 Å². The van der Waals surface area contributed by atoms with Gasteiger partial charge < -0.3 is 23.9 Å². The second-order valence-corrected chi connectivity index (χ2v) is 9.51. The van der Waals surface area contributed by atoms with Crippen molar-refractivity contribution in [1.82, 2.24) is 14.8 Å². The van der Waals surface area contributed by atoms with E-state index >= 15 is 0 Å². The Balaban J connectivity index is 1.59. The van der Waals surface area contributed by atoms with E-state index in [2.05, 4.69) is 28.6 Å². The number of benzene rings is 2. The van der Waals surface area contributed by atoms with Crippen molar-refractivity contribution in [3.05, 3.63) is 66.0 Å². The number of aliphatic hydroxyl groups excluding tert-OH is 1. The summed E-state index contributed by atoms with van der Waals surface area (Å²) >= 11 is 1.47. The highest BCUT2D eigenvalue weighted by molar-refractivity contribution is 7.99. The third-order valence-corrected chi connectivity index (χ3v) is 6.33. The molecule has 0 aliphatic heterocycles. The number of hydrogen-bond donors (Lipinski definition) is 1. The molecule has 1 aromatic heterocycles. The van der Waals surface area contributed by atoms with Gasteiger partial charge in [-0.3, -0.25) is 0 Å². The number of methoxy groups -OCH3 is 1. The molecule has 35 heavy (non-hydrogen) atoms. The van der Waals surface area contributed by atoms with E-state index in [1.165, 1.54) is 11.8 Å². The van der Waals surface area contributed by atoms with Crippen LogP contribution in [0.3, 0.4) is 0 Å². The van der Waals surface area contributed by atoms with Crippen LogP contribution < -0.4 is 14.2 Å². The summed E-state index contributed by atoms with van der Waals surface area (Å²) in [6.07, 6.45) is 4.28. The Labute approximate surface area is 212 Å². The lowest BCUT2D eigenvalue weighted by Gasteiger charge is -2.15. The first kappa shape index (κ1) is 26.6. The van der Waals surface area contributed by atoms with Gasteiger partial charge in [0.2, 0.25) is 0 Å². The first-order valence-corrected chi connectivity index (χ1v) is 12.8. The third kappa shape index (κ3) is 8.33. The fourth-order valence-electron chi connectivity index (χ4n) is 3.31. The molecular formula is C27H35N3O4S. The van der Waals surface area contributed by atoms with E-state index in [-0.39, 0.29) is 6.61 Å². The highest BCUT2D eigenvalue weighted by Gasteiger charge is 2.16. The summed E-state index contributed by atoms with van der Waals surface area (Å²) in [4.78, 5) is 0. The van der Waals surface area contributed by atoms with Crippen LogP contribution in [0.25, 0.3) is 6.08 Å². The first-order valence-electron chi connectivity index (χ1n) is 11.8. The summed E-state index contributed by atoms with van der Waals surface area (Å²) in [7, 11) is 1.61. The highest BCUT2D eigenvalue weighted by atomic mass is 32.2. The van der Waals surface area contributed by atoms with Crippen LogP contribution >= 0.6 is 11.8 Å². The highest BCUT2D eigenvalue weighted by Crippen LogP contribution is 2.29. The van der Waals surface area contributed by atoms with E-state index < -0.39 is 6.10 Å². The second-order valence-electron chi connectivity index (χ2n) is 8.52. The molecular weight excluding hydrogens is 462 g/mol. The van der Waals surface area contributed by atoms with E-state index in [4.69, 9.17) is 14.2 Å². The molecule has 1 N–H and O–H groups in total. The number of hydrogen-bond acceptors (Lipinski definition) is 7. The van der Waals surface area contributed by atoms with Crippen LogP contribution in [0, 0.1) is 5.92 Å². The van der Waals surface area contributed by atoms with Gasteiger partial charge in [-0.2, -0.15) is 0 Å². The average Bonchev–Trinajstić information content (AvgIpc) is 3.26. The molecule has 3 aromatic rings. The summed E-state index contributed by atoms with van der Waals surface area (Å²) in [6.45, 7) is 7.63. The Morgan fingerprint density at radius 1 is 1.06 bits per heavy atom. The topological polar surface area (TPSA) is 78.6 Å². The van der Waals surface area contributed by atoms with Crippen LogP contribution in [-0.2, 0) is 13.2 Å². The standard InChI is InChI=1S/C27H35N3O4S/c1-5-9-21-12-13-24(25(16-21)32-4)34-17-22(31)19-35-27-29-28-26(30(27)15-14-20(2)3)18-33-23-10-7-6-8-11-23/h5-13,16,20,22,31H,14-15,17-19H2,1-4H3/b9-5+. The Bertz CT molecular complexity index is 1070. The van der Waals surface area contributed by atoms with Crippen molar-refractivity contribution in [3.8, 4) is 17.2 Å². The number of aliphatic hydroxyl groups is 1. The van der Waals surface area contributed by atoms with Crippen LogP contribution in [0.4, 0.5) is 0 Å². The molecule has 3 rings (SSSR count). The van der Waals surface area contributed by atoms with E-state index in [0.29, 0.717) is 29.8 Å². The number of nitrogens with zero attached hydrogens (tertiary/aromatic N) is 3. The monoisotopic (exact) mass is 497 g/mol. The molecule has 7 nitrogen and oxygen atoms in total. The van der Waals surface area contributed by atoms with Gasteiger partial charge in [-0.15, -0.1) is 10.2 Å². The second kappa shape index (κ2) is 13.8. The van der Waals surface area contributed by atoms with Gasteiger partial charge >= 0.3 is 0 Å². The maximum Gasteiger partial charge on any atom is 0.191 e. The minimum absolute atomic E-state index is 0.149. The molecule has 0 amide bonds. The SMILES string of the molecule is C/C=C/c1ccc(OCC(O)CSc2nnc(COc3ccccc3)n2CCC(C)C)c(OC)c1. The molecule has 188 valence electrons. The van der Waals surface area contributed by atoms with Gasteiger partial charge in [0.05, 0.1) is 13.2 Å². The lowest BCUT2D eigenvalue weighted by atomic mass is 10.1. The number of allylic oxidation sites excluding steroid dienone is 1. The molecule has 1 atom stereocenters. The summed E-state index contributed by atoms with van der Waals surface area (Å²) in [5.41, 5.74) is 1.03. The normalized spacial score (nSPS) is 12.3. The number of rotatable bonds is 14. The van der Waals surface area contributed by atoms with Crippen LogP contribution in [-0.4, -0.2) is 45.4 Å². The van der Waals surface area contributed by atoms with Crippen molar-refractivity contribution in [2.45, 2.75) is 51.6 Å². The molecule has 0 fully saturated rings. The van der Waals surface area contributed by atoms with Gasteiger partial charge in [-0.05, 0) is 49.1 Å². The first-order chi connectivity index (χ1) is 17.0. The van der Waals surface area contributed by atoms with Crippen molar-refractivity contribution >= 4 is 17.8 Å². The number of para-hydroxylation sites is 1. The minimum atomic E-state index is -0.681. The maximum atomic E-state index is 10.6. The maximum absolute atomic E-state index is 10.6. The van der Waals surface area contributed by atoms with E-state index in [0.717, 1.165) is 35.3 Å². The van der Waals surface area contributed by atoms with Crippen LogP contribution in [0.5, 0.6) is 17.2 Å². The van der Waals surface area contributed by atoms with Crippen molar-refractivity contribution in [2.75, 3.05) is 19.5 Å². The number of thioether (sulfide) groups is 1. The zero-order valence-corrected chi connectivity index (χ0v) is 21.7. The Morgan fingerprint density at radius 2 is 1.86 bits per heavy atom. The predicted molar refractivity (Wildman–Crippen MR) is 140 cm³/mol. The lowest BCUT2D eigenvalue weighted by molar-refractivity contribution is 0.124. The molecule has 2 aromatic carbocycles. The molecule has 0 saturated heterocycles. The minimum Gasteiger partial charge on any atom is -0.493 e. The molecule has 1 unspecified atom stereocenters. The van der Waals surface area contributed by atoms with Gasteiger partial charge in [0.15, 0.2) is 22.5 Å². The van der Waals surface area contributed by atoms with Crippen LogP contribution in [0.15, 0.2) is 59.8 Å².